The first-order valence-corrected chi connectivity index (χ1v) is 13.0. The quantitative estimate of drug-likeness (QED) is 0.276. The Morgan fingerprint density at radius 3 is 2.29 bits per heavy atom. The van der Waals surface area contributed by atoms with Gasteiger partial charge in [0, 0.05) is 6.42 Å². The summed E-state index contributed by atoms with van der Waals surface area (Å²) >= 11 is 0. The van der Waals surface area contributed by atoms with E-state index in [-0.39, 0.29) is 10.1 Å². The minimum absolute atomic E-state index is 0.0791. The van der Waals surface area contributed by atoms with Gasteiger partial charge in [-0.25, -0.2) is 0 Å². The normalized spacial score (nSPS) is 15.5. The minimum Gasteiger partial charge on any atom is -0.454 e. The Morgan fingerprint density at radius 1 is 1.00 bits per heavy atom. The monoisotopic (exact) mass is 445 g/mol. The Labute approximate surface area is 191 Å². The highest BCUT2D eigenvalue weighted by Crippen LogP contribution is 2.43. The first-order valence-electron chi connectivity index (χ1n) is 11.6. The van der Waals surface area contributed by atoms with E-state index < -0.39 is 21.2 Å². The van der Waals surface area contributed by atoms with Crippen molar-refractivity contribution in [1.82, 2.24) is 0 Å². The second kappa shape index (κ2) is 11.4. The van der Waals surface area contributed by atoms with E-state index >= 15 is 0 Å². The van der Waals surface area contributed by atoms with Gasteiger partial charge >= 0.3 is 0 Å². The molecule has 2 atom stereocenters. The van der Waals surface area contributed by atoms with Crippen molar-refractivity contribution < 1.29 is 19.0 Å². The van der Waals surface area contributed by atoms with Crippen molar-refractivity contribution in [2.45, 2.75) is 109 Å². The fraction of sp³-hybridized carbons (Fsp3) is 0.692. The molecule has 0 saturated carbocycles. The molecule has 0 aromatic heterocycles. The molecule has 1 aliphatic rings. The van der Waals surface area contributed by atoms with Crippen LogP contribution in [-0.4, -0.2) is 33.1 Å². The molecule has 1 heterocycles. The topological polar surface area (TPSA) is 47.9 Å². The molecule has 0 unspecified atom stereocenters. The molecule has 0 bridgehead atoms. The first kappa shape index (κ1) is 25.8. The SMILES string of the molecule is C[C@H](O)[C@@H](C#CCCCCCCc1ccc2c(c1)OCO2)O[Si](C(C)(C)C)C(C)(C)C. The van der Waals surface area contributed by atoms with Gasteiger partial charge in [0.1, 0.15) is 6.10 Å². The summed E-state index contributed by atoms with van der Waals surface area (Å²) in [5, 5.41) is 10.4. The molecule has 1 radical (unpaired) electrons. The number of aliphatic hydroxyl groups excluding tert-OH is 1. The van der Waals surface area contributed by atoms with Crippen LogP contribution in [0.5, 0.6) is 11.5 Å². The van der Waals surface area contributed by atoms with Crippen LogP contribution in [0.1, 0.15) is 86.1 Å². The van der Waals surface area contributed by atoms with Gasteiger partial charge in [-0.1, -0.05) is 66.4 Å². The molecule has 0 spiro atoms. The average Bonchev–Trinajstić information content (AvgIpc) is 3.11. The lowest BCUT2D eigenvalue weighted by Crippen LogP contribution is -2.43. The van der Waals surface area contributed by atoms with E-state index in [1.807, 2.05) is 6.07 Å². The Kier molecular flexibility index (Phi) is 9.48. The van der Waals surface area contributed by atoms with Crippen molar-refractivity contribution >= 4 is 9.04 Å². The van der Waals surface area contributed by atoms with Gasteiger partial charge in [0.2, 0.25) is 15.8 Å². The summed E-state index contributed by atoms with van der Waals surface area (Å²) in [7, 11) is -1.18. The van der Waals surface area contributed by atoms with E-state index in [0.717, 1.165) is 37.2 Å². The zero-order chi connectivity index (χ0) is 23.1. The van der Waals surface area contributed by atoms with Crippen molar-refractivity contribution in [2.75, 3.05) is 6.79 Å². The van der Waals surface area contributed by atoms with Gasteiger partial charge in [-0.2, -0.15) is 0 Å². The molecular weight excluding hydrogens is 404 g/mol. The number of hydrogen-bond acceptors (Lipinski definition) is 4. The van der Waals surface area contributed by atoms with Gasteiger partial charge in [-0.15, -0.1) is 5.92 Å². The Bertz CT molecular complexity index is 735. The van der Waals surface area contributed by atoms with Crippen molar-refractivity contribution in [2.24, 2.45) is 0 Å². The van der Waals surface area contributed by atoms with Crippen LogP contribution in [0.15, 0.2) is 18.2 Å². The standard InChI is InChI=1S/C26H41O4Si/c1-20(27)22(30-31(25(2,3)4)26(5,6)7)15-13-11-9-8-10-12-14-21-16-17-23-24(18-21)29-19-28-23/h16-18,20,22,27H,8-12,14,19H2,1-7H3/t20-,22+/m0/s1. The summed E-state index contributed by atoms with van der Waals surface area (Å²) < 4.78 is 17.2. The van der Waals surface area contributed by atoms with E-state index in [9.17, 15) is 5.11 Å². The molecule has 0 amide bonds. The molecule has 1 N–H and O–H groups in total. The summed E-state index contributed by atoms with van der Waals surface area (Å²) in [4.78, 5) is 0. The number of hydrogen-bond donors (Lipinski definition) is 1. The summed E-state index contributed by atoms with van der Waals surface area (Å²) in [5.41, 5.74) is 1.30. The lowest BCUT2D eigenvalue weighted by Gasteiger charge is -2.39. The molecule has 31 heavy (non-hydrogen) atoms. The number of fused-ring (bicyclic) bond motifs is 1. The highest BCUT2D eigenvalue weighted by molar-refractivity contribution is 6.58. The van der Waals surface area contributed by atoms with Gasteiger partial charge in [0.05, 0.1) is 6.10 Å². The smallest absolute Gasteiger partial charge is 0.231 e. The fourth-order valence-electron chi connectivity index (χ4n) is 4.02. The number of unbranched alkanes of at least 4 members (excludes halogenated alkanes) is 4. The lowest BCUT2D eigenvalue weighted by molar-refractivity contribution is 0.0748. The summed E-state index contributed by atoms with van der Waals surface area (Å²) in [5.74, 6) is 8.19. The second-order valence-electron chi connectivity index (χ2n) is 10.5. The van der Waals surface area contributed by atoms with Gasteiger partial charge in [0.25, 0.3) is 0 Å². The molecule has 0 fully saturated rings. The highest BCUT2D eigenvalue weighted by atomic mass is 28.3. The maximum Gasteiger partial charge on any atom is 0.231 e. The fourth-order valence-corrected chi connectivity index (χ4v) is 7.49. The van der Waals surface area contributed by atoms with Crippen molar-refractivity contribution in [3.8, 4) is 23.3 Å². The van der Waals surface area contributed by atoms with Crippen LogP contribution in [0.25, 0.3) is 0 Å². The molecule has 0 aliphatic carbocycles. The second-order valence-corrected chi connectivity index (χ2v) is 14.4. The van der Waals surface area contributed by atoms with Crippen LogP contribution in [0.4, 0.5) is 0 Å². The summed E-state index contributed by atoms with van der Waals surface area (Å²) in [6.45, 7) is 15.5. The Morgan fingerprint density at radius 2 is 1.65 bits per heavy atom. The molecule has 1 aromatic carbocycles. The first-order chi connectivity index (χ1) is 14.5. The maximum absolute atomic E-state index is 10.2. The van der Waals surface area contributed by atoms with Crippen molar-refractivity contribution in [3.63, 3.8) is 0 Å². The predicted molar refractivity (Wildman–Crippen MR) is 129 cm³/mol. The van der Waals surface area contributed by atoms with E-state index in [0.29, 0.717) is 6.79 Å². The predicted octanol–water partition coefficient (Wildman–Crippen LogP) is 6.27. The Balaban J connectivity index is 1.72. The van der Waals surface area contributed by atoms with E-state index in [1.165, 1.54) is 18.4 Å². The number of aryl methyl sites for hydroxylation is 1. The molecule has 1 aliphatic heterocycles. The molecule has 0 saturated heterocycles. The average molecular weight is 446 g/mol. The zero-order valence-corrected chi connectivity index (χ0v) is 21.5. The summed E-state index contributed by atoms with van der Waals surface area (Å²) in [6.07, 6.45) is 5.52. The van der Waals surface area contributed by atoms with Gasteiger partial charge in [-0.05, 0) is 54.0 Å². The van der Waals surface area contributed by atoms with Crippen LogP contribution in [0, 0.1) is 11.8 Å². The van der Waals surface area contributed by atoms with E-state index in [4.69, 9.17) is 13.9 Å². The number of rotatable bonds is 9. The van der Waals surface area contributed by atoms with Gasteiger partial charge < -0.3 is 19.0 Å². The Hall–Kier alpha value is -1.48. The molecule has 1 aromatic rings. The van der Waals surface area contributed by atoms with Gasteiger partial charge in [-0.3, -0.25) is 0 Å². The lowest BCUT2D eigenvalue weighted by atomic mass is 10.0. The van der Waals surface area contributed by atoms with E-state index in [2.05, 4.69) is 65.5 Å². The highest BCUT2D eigenvalue weighted by Gasteiger charge is 2.41. The van der Waals surface area contributed by atoms with Gasteiger partial charge in [0.15, 0.2) is 11.5 Å². The maximum atomic E-state index is 10.2. The molecule has 2 rings (SSSR count). The molecule has 4 nitrogen and oxygen atoms in total. The minimum atomic E-state index is -1.18. The summed E-state index contributed by atoms with van der Waals surface area (Å²) in [6, 6.07) is 6.22. The van der Waals surface area contributed by atoms with Crippen LogP contribution in [-0.2, 0) is 10.8 Å². The number of ether oxygens (including phenoxy) is 2. The molecular formula is C26H41O4Si. The largest absolute Gasteiger partial charge is 0.454 e. The third-order valence-corrected chi connectivity index (χ3v) is 8.46. The van der Waals surface area contributed by atoms with Crippen molar-refractivity contribution in [3.05, 3.63) is 23.8 Å². The molecule has 173 valence electrons. The number of benzene rings is 1. The van der Waals surface area contributed by atoms with E-state index in [1.54, 1.807) is 6.92 Å². The van der Waals surface area contributed by atoms with Crippen LogP contribution < -0.4 is 9.47 Å². The van der Waals surface area contributed by atoms with Crippen LogP contribution in [0.3, 0.4) is 0 Å². The zero-order valence-electron chi connectivity index (χ0n) is 20.5. The third-order valence-electron chi connectivity index (χ3n) is 5.24. The third kappa shape index (κ3) is 8.52. The van der Waals surface area contributed by atoms with Crippen LogP contribution >= 0.6 is 0 Å². The van der Waals surface area contributed by atoms with Crippen LogP contribution in [0.2, 0.25) is 10.1 Å². The number of aliphatic hydroxyl groups is 1. The molecule has 5 heteroatoms. The van der Waals surface area contributed by atoms with Crippen molar-refractivity contribution in [1.29, 1.82) is 0 Å².